The van der Waals surface area contributed by atoms with Gasteiger partial charge in [-0.2, -0.15) is 0 Å². The molecule has 118 valence electrons. The Morgan fingerprint density at radius 2 is 2.00 bits per heavy atom. The Labute approximate surface area is 131 Å². The molecule has 2 heterocycles. The smallest absolute Gasteiger partial charge is 0.241 e. The summed E-state index contributed by atoms with van der Waals surface area (Å²) in [5.74, 6) is 0. The van der Waals surface area contributed by atoms with Crippen LogP contribution in [0, 0.1) is 5.41 Å². The zero-order valence-corrected chi connectivity index (χ0v) is 13.5. The Balaban J connectivity index is 1.86. The van der Waals surface area contributed by atoms with Crippen LogP contribution in [0.3, 0.4) is 0 Å². The number of nitrogens with one attached hydrogen (secondary N) is 2. The Morgan fingerprint density at radius 3 is 2.77 bits per heavy atom. The molecular weight excluding hydrogens is 298 g/mol. The van der Waals surface area contributed by atoms with Gasteiger partial charge in [0.15, 0.2) is 0 Å². The predicted octanol–water partition coefficient (Wildman–Crippen LogP) is 1.90. The van der Waals surface area contributed by atoms with Gasteiger partial charge in [-0.3, -0.25) is 4.98 Å². The molecule has 5 nitrogen and oxygen atoms in total. The third-order valence-electron chi connectivity index (χ3n) is 4.39. The second-order valence-corrected chi connectivity index (χ2v) is 7.95. The molecule has 1 aromatic heterocycles. The van der Waals surface area contributed by atoms with Gasteiger partial charge in [0.2, 0.25) is 10.0 Å². The molecule has 0 saturated carbocycles. The zero-order valence-electron chi connectivity index (χ0n) is 12.7. The van der Waals surface area contributed by atoms with Gasteiger partial charge < -0.3 is 5.32 Å². The number of nitrogens with zero attached hydrogens (tertiary/aromatic N) is 1. The van der Waals surface area contributed by atoms with Crippen LogP contribution in [0.15, 0.2) is 41.4 Å². The Morgan fingerprint density at radius 1 is 1.23 bits per heavy atom. The first kappa shape index (κ1) is 15.4. The summed E-state index contributed by atoms with van der Waals surface area (Å²) in [6.45, 7) is 4.49. The van der Waals surface area contributed by atoms with Crippen LogP contribution >= 0.6 is 0 Å². The van der Waals surface area contributed by atoms with E-state index in [9.17, 15) is 8.42 Å². The molecule has 0 aliphatic carbocycles. The lowest BCUT2D eigenvalue weighted by Crippen LogP contribution is -2.42. The van der Waals surface area contributed by atoms with Gasteiger partial charge in [0, 0.05) is 18.1 Å². The predicted molar refractivity (Wildman–Crippen MR) is 87.1 cm³/mol. The van der Waals surface area contributed by atoms with Crippen molar-refractivity contribution in [2.75, 3.05) is 19.6 Å². The van der Waals surface area contributed by atoms with E-state index in [1.54, 1.807) is 30.5 Å². The number of benzene rings is 1. The molecule has 2 aromatic rings. The van der Waals surface area contributed by atoms with Crippen molar-refractivity contribution in [3.8, 4) is 0 Å². The van der Waals surface area contributed by atoms with E-state index in [-0.39, 0.29) is 5.41 Å². The number of piperidine rings is 1. The highest BCUT2D eigenvalue weighted by atomic mass is 32.2. The lowest BCUT2D eigenvalue weighted by molar-refractivity contribution is 0.232. The third kappa shape index (κ3) is 3.14. The molecule has 1 aliphatic heterocycles. The van der Waals surface area contributed by atoms with Crippen molar-refractivity contribution in [3.05, 3.63) is 36.5 Å². The van der Waals surface area contributed by atoms with Crippen molar-refractivity contribution < 1.29 is 8.42 Å². The maximum Gasteiger partial charge on any atom is 0.241 e. The van der Waals surface area contributed by atoms with Gasteiger partial charge in [-0.05, 0) is 55.6 Å². The fourth-order valence-corrected chi connectivity index (χ4v) is 4.28. The van der Waals surface area contributed by atoms with Crippen molar-refractivity contribution in [3.63, 3.8) is 0 Å². The molecule has 1 fully saturated rings. The number of hydrogen-bond acceptors (Lipinski definition) is 4. The molecule has 1 aliphatic rings. The maximum atomic E-state index is 12.7. The molecule has 0 spiro atoms. The monoisotopic (exact) mass is 319 g/mol. The molecule has 0 atom stereocenters. The average molecular weight is 319 g/mol. The van der Waals surface area contributed by atoms with Gasteiger partial charge in [-0.25, -0.2) is 13.1 Å². The summed E-state index contributed by atoms with van der Waals surface area (Å²) in [6, 6.07) is 8.74. The minimum Gasteiger partial charge on any atom is -0.317 e. The first-order valence-corrected chi connectivity index (χ1v) is 9.03. The minimum absolute atomic E-state index is 0.0150. The van der Waals surface area contributed by atoms with Gasteiger partial charge in [-0.15, -0.1) is 0 Å². The normalized spacial score (nSPS) is 18.4. The van der Waals surface area contributed by atoms with E-state index >= 15 is 0 Å². The Hall–Kier alpha value is -1.50. The van der Waals surface area contributed by atoms with Crippen LogP contribution in [0.5, 0.6) is 0 Å². The SMILES string of the molecule is CC1(CNS(=O)(=O)c2cccc3ncccc23)CCNCC1. The van der Waals surface area contributed by atoms with E-state index in [0.29, 0.717) is 22.3 Å². The molecule has 0 bridgehead atoms. The number of aromatic nitrogens is 1. The number of pyridine rings is 1. The van der Waals surface area contributed by atoms with Gasteiger partial charge in [0.05, 0.1) is 10.4 Å². The van der Waals surface area contributed by atoms with Crippen LogP contribution in [0.1, 0.15) is 19.8 Å². The highest BCUT2D eigenvalue weighted by Crippen LogP contribution is 2.28. The third-order valence-corrected chi connectivity index (χ3v) is 5.85. The van der Waals surface area contributed by atoms with Crippen molar-refractivity contribution in [2.24, 2.45) is 5.41 Å². The van der Waals surface area contributed by atoms with Crippen LogP contribution in [0.2, 0.25) is 0 Å². The highest BCUT2D eigenvalue weighted by Gasteiger charge is 2.29. The molecule has 3 rings (SSSR count). The summed E-state index contributed by atoms with van der Waals surface area (Å²) in [4.78, 5) is 4.52. The zero-order chi connectivity index (χ0) is 15.6. The number of hydrogen-bond donors (Lipinski definition) is 2. The summed E-state index contributed by atoms with van der Waals surface area (Å²) in [7, 11) is -3.53. The number of sulfonamides is 1. The quantitative estimate of drug-likeness (QED) is 0.903. The molecule has 2 N–H and O–H groups in total. The summed E-state index contributed by atoms with van der Waals surface area (Å²) in [5.41, 5.74) is 0.708. The molecule has 1 saturated heterocycles. The molecule has 0 amide bonds. The van der Waals surface area contributed by atoms with Crippen LogP contribution in [-0.4, -0.2) is 33.0 Å². The van der Waals surface area contributed by atoms with Gasteiger partial charge in [-0.1, -0.05) is 13.0 Å². The summed E-state index contributed by atoms with van der Waals surface area (Å²) < 4.78 is 28.1. The molecule has 0 radical (unpaired) electrons. The maximum absolute atomic E-state index is 12.7. The summed E-state index contributed by atoms with van der Waals surface area (Å²) >= 11 is 0. The summed E-state index contributed by atoms with van der Waals surface area (Å²) in [6.07, 6.45) is 3.63. The van der Waals surface area contributed by atoms with E-state index in [0.717, 1.165) is 25.9 Å². The van der Waals surface area contributed by atoms with E-state index in [1.807, 2.05) is 6.07 Å². The fraction of sp³-hybridized carbons (Fsp3) is 0.438. The number of rotatable bonds is 4. The van der Waals surface area contributed by atoms with Crippen LogP contribution in [0.4, 0.5) is 0 Å². The van der Waals surface area contributed by atoms with Crippen LogP contribution < -0.4 is 10.0 Å². The second kappa shape index (κ2) is 5.95. The first-order chi connectivity index (χ1) is 10.5. The number of fused-ring (bicyclic) bond motifs is 1. The van der Waals surface area contributed by atoms with Gasteiger partial charge in [0.1, 0.15) is 0 Å². The van der Waals surface area contributed by atoms with Crippen molar-refractivity contribution in [2.45, 2.75) is 24.7 Å². The van der Waals surface area contributed by atoms with Gasteiger partial charge in [0.25, 0.3) is 0 Å². The van der Waals surface area contributed by atoms with E-state index in [2.05, 4.69) is 21.9 Å². The first-order valence-electron chi connectivity index (χ1n) is 7.54. The van der Waals surface area contributed by atoms with E-state index in [1.165, 1.54) is 0 Å². The standard InChI is InChI=1S/C16H21N3O2S/c1-16(7-10-17-11-8-16)12-19-22(20,21)15-6-2-5-14-13(15)4-3-9-18-14/h2-6,9,17,19H,7-8,10-12H2,1H3. The topological polar surface area (TPSA) is 71.1 Å². The average Bonchev–Trinajstić information content (AvgIpc) is 2.53. The molecule has 6 heteroatoms. The lowest BCUT2D eigenvalue weighted by Gasteiger charge is -2.34. The van der Waals surface area contributed by atoms with Crippen LogP contribution in [-0.2, 0) is 10.0 Å². The molecule has 0 unspecified atom stereocenters. The lowest BCUT2D eigenvalue weighted by atomic mass is 9.81. The van der Waals surface area contributed by atoms with Crippen molar-refractivity contribution >= 4 is 20.9 Å². The Kier molecular flexibility index (Phi) is 4.16. The molecular formula is C16H21N3O2S. The Bertz CT molecular complexity index is 763. The van der Waals surface area contributed by atoms with Crippen molar-refractivity contribution in [1.82, 2.24) is 15.0 Å². The van der Waals surface area contributed by atoms with E-state index < -0.39 is 10.0 Å². The largest absolute Gasteiger partial charge is 0.317 e. The highest BCUT2D eigenvalue weighted by molar-refractivity contribution is 7.89. The molecule has 22 heavy (non-hydrogen) atoms. The van der Waals surface area contributed by atoms with E-state index in [4.69, 9.17) is 0 Å². The second-order valence-electron chi connectivity index (χ2n) is 6.21. The van der Waals surface area contributed by atoms with Gasteiger partial charge >= 0.3 is 0 Å². The minimum atomic E-state index is -3.53. The summed E-state index contributed by atoms with van der Waals surface area (Å²) in [5, 5.41) is 3.97. The van der Waals surface area contributed by atoms with Crippen LogP contribution in [0.25, 0.3) is 10.9 Å². The van der Waals surface area contributed by atoms with Crippen molar-refractivity contribution in [1.29, 1.82) is 0 Å². The molecule has 1 aromatic carbocycles. The fourth-order valence-electron chi connectivity index (χ4n) is 2.86.